The summed E-state index contributed by atoms with van der Waals surface area (Å²) in [6, 6.07) is 9.35. The van der Waals surface area contributed by atoms with Gasteiger partial charge in [0.2, 0.25) is 0 Å². The van der Waals surface area contributed by atoms with Crippen LogP contribution in [0.2, 0.25) is 0 Å². The highest BCUT2D eigenvalue weighted by atomic mass is 32.2. The first-order valence-corrected chi connectivity index (χ1v) is 11.7. The average Bonchev–Trinajstić information content (AvgIpc) is 3.37. The van der Waals surface area contributed by atoms with E-state index in [4.69, 9.17) is 4.74 Å². The van der Waals surface area contributed by atoms with Gasteiger partial charge in [0, 0.05) is 31.9 Å². The number of aryl methyl sites for hydroxylation is 1. The van der Waals surface area contributed by atoms with Gasteiger partial charge in [-0.25, -0.2) is 13.1 Å². The number of aromatic amines is 1. The van der Waals surface area contributed by atoms with Crippen molar-refractivity contribution in [3.05, 3.63) is 57.6 Å². The summed E-state index contributed by atoms with van der Waals surface area (Å²) in [6.07, 6.45) is 1.64. The number of H-pyrrole nitrogens is 1. The fourth-order valence-electron chi connectivity index (χ4n) is 3.40. The van der Waals surface area contributed by atoms with Crippen LogP contribution in [-0.2, 0) is 10.0 Å². The summed E-state index contributed by atoms with van der Waals surface area (Å²) in [5.74, 6) is 0.0164. The molecule has 31 heavy (non-hydrogen) atoms. The van der Waals surface area contributed by atoms with Crippen LogP contribution >= 0.6 is 11.3 Å². The van der Waals surface area contributed by atoms with E-state index in [-0.39, 0.29) is 42.0 Å². The molecule has 164 valence electrons. The minimum absolute atomic E-state index is 0.0144. The smallest absolute Gasteiger partial charge is 0.305 e. The Morgan fingerprint density at radius 3 is 2.42 bits per heavy atom. The van der Waals surface area contributed by atoms with E-state index in [0.717, 1.165) is 5.69 Å². The molecule has 3 heterocycles. The molecule has 10 nitrogen and oxygen atoms in total. The minimum Gasteiger partial charge on any atom is -0.493 e. The number of nitrogens with one attached hydrogen (secondary N) is 1. The first kappa shape index (κ1) is 21.3. The summed E-state index contributed by atoms with van der Waals surface area (Å²) in [4.78, 5) is 28.2. The molecule has 1 saturated heterocycles. The van der Waals surface area contributed by atoms with Crippen LogP contribution in [0.1, 0.15) is 16.2 Å². The standard InChI is InChI=1S/C19H21N5O5S2/c1-13-18(30-19(26)20-13)31(27,28)23-10-8-22(9-11-23)17(25)16-15(29-2)12-24(21-16)14-6-4-3-5-7-14/h3-7,12H,8-11H2,1-2H3,(H,20,26). The van der Waals surface area contributed by atoms with Crippen LogP contribution in [0, 0.1) is 6.92 Å². The molecular weight excluding hydrogens is 442 g/mol. The van der Waals surface area contributed by atoms with Crippen molar-refractivity contribution < 1.29 is 17.9 Å². The molecule has 1 aliphatic heterocycles. The Morgan fingerprint density at radius 2 is 1.84 bits per heavy atom. The summed E-state index contributed by atoms with van der Waals surface area (Å²) >= 11 is 0.674. The number of carbonyl (C=O) groups is 1. The molecule has 1 fully saturated rings. The first-order chi connectivity index (χ1) is 14.8. The van der Waals surface area contributed by atoms with Crippen LogP contribution < -0.4 is 9.61 Å². The maximum atomic E-state index is 13.1. The number of para-hydroxylation sites is 1. The summed E-state index contributed by atoms with van der Waals surface area (Å²) in [6.45, 7) is 2.22. The Labute approximate surface area is 182 Å². The quantitative estimate of drug-likeness (QED) is 0.605. The molecule has 1 N–H and O–H groups in total. The lowest BCUT2D eigenvalue weighted by atomic mass is 10.3. The van der Waals surface area contributed by atoms with E-state index < -0.39 is 14.9 Å². The van der Waals surface area contributed by atoms with E-state index in [1.165, 1.54) is 11.4 Å². The summed E-state index contributed by atoms with van der Waals surface area (Å²) in [5.41, 5.74) is 1.28. The number of hydrogen-bond acceptors (Lipinski definition) is 7. The second kappa shape index (κ2) is 8.29. The zero-order valence-corrected chi connectivity index (χ0v) is 18.6. The lowest BCUT2D eigenvalue weighted by Gasteiger charge is -2.33. The third-order valence-electron chi connectivity index (χ3n) is 5.01. The van der Waals surface area contributed by atoms with Gasteiger partial charge in [0.15, 0.2) is 15.7 Å². The molecule has 2 aromatic heterocycles. The zero-order valence-electron chi connectivity index (χ0n) is 16.9. The number of nitrogens with zero attached hydrogens (tertiary/aromatic N) is 4. The van der Waals surface area contributed by atoms with Crippen molar-refractivity contribution in [1.29, 1.82) is 0 Å². The number of methoxy groups -OCH3 is 1. The molecule has 1 amide bonds. The van der Waals surface area contributed by atoms with Gasteiger partial charge >= 0.3 is 4.87 Å². The topological polar surface area (TPSA) is 118 Å². The Balaban J connectivity index is 1.50. The molecule has 0 atom stereocenters. The molecular formula is C19H21N5O5S2. The molecule has 0 unspecified atom stereocenters. The predicted molar refractivity (Wildman–Crippen MR) is 114 cm³/mol. The number of benzene rings is 1. The van der Waals surface area contributed by atoms with E-state index in [1.54, 1.807) is 22.7 Å². The molecule has 1 aromatic carbocycles. The molecule has 1 aliphatic rings. The highest BCUT2D eigenvalue weighted by Crippen LogP contribution is 2.25. The highest BCUT2D eigenvalue weighted by Gasteiger charge is 2.34. The number of thiazole rings is 1. The van der Waals surface area contributed by atoms with Crippen LogP contribution in [0.15, 0.2) is 45.5 Å². The predicted octanol–water partition coefficient (Wildman–Crippen LogP) is 1.09. The second-order valence-corrected chi connectivity index (χ2v) is 10.1. The molecule has 0 radical (unpaired) electrons. The largest absolute Gasteiger partial charge is 0.493 e. The van der Waals surface area contributed by atoms with Crippen molar-refractivity contribution in [1.82, 2.24) is 24.0 Å². The van der Waals surface area contributed by atoms with Gasteiger partial charge in [-0.2, -0.15) is 9.40 Å². The van der Waals surface area contributed by atoms with Gasteiger partial charge in [0.25, 0.3) is 15.9 Å². The monoisotopic (exact) mass is 463 g/mol. The Bertz CT molecular complexity index is 1250. The van der Waals surface area contributed by atoms with Gasteiger partial charge in [-0.05, 0) is 19.1 Å². The number of carbonyl (C=O) groups excluding carboxylic acids is 1. The van der Waals surface area contributed by atoms with Crippen LogP contribution in [0.25, 0.3) is 5.69 Å². The van der Waals surface area contributed by atoms with E-state index >= 15 is 0 Å². The van der Waals surface area contributed by atoms with E-state index in [9.17, 15) is 18.0 Å². The maximum Gasteiger partial charge on any atom is 0.305 e. The molecule has 3 aromatic rings. The normalized spacial score (nSPS) is 15.2. The van der Waals surface area contributed by atoms with Crippen molar-refractivity contribution >= 4 is 27.3 Å². The fraction of sp³-hybridized carbons (Fsp3) is 0.316. The van der Waals surface area contributed by atoms with Crippen molar-refractivity contribution in [2.45, 2.75) is 11.1 Å². The molecule has 0 saturated carbocycles. The number of aromatic nitrogens is 3. The van der Waals surface area contributed by atoms with Gasteiger partial charge < -0.3 is 14.6 Å². The lowest BCUT2D eigenvalue weighted by molar-refractivity contribution is 0.0688. The van der Waals surface area contributed by atoms with Crippen LogP contribution in [-0.4, -0.2) is 71.6 Å². The minimum atomic E-state index is -3.79. The molecule has 12 heteroatoms. The van der Waals surface area contributed by atoms with E-state index in [1.807, 2.05) is 30.3 Å². The summed E-state index contributed by atoms with van der Waals surface area (Å²) in [5, 5.41) is 4.39. The van der Waals surface area contributed by atoms with Crippen molar-refractivity contribution in [2.24, 2.45) is 0 Å². The third-order valence-corrected chi connectivity index (χ3v) is 8.49. The summed E-state index contributed by atoms with van der Waals surface area (Å²) in [7, 11) is -2.32. The Kier molecular flexibility index (Phi) is 5.69. The average molecular weight is 464 g/mol. The van der Waals surface area contributed by atoms with E-state index in [2.05, 4.69) is 10.1 Å². The zero-order chi connectivity index (χ0) is 22.2. The number of hydrogen-bond donors (Lipinski definition) is 1. The van der Waals surface area contributed by atoms with Gasteiger partial charge in [-0.3, -0.25) is 9.59 Å². The molecule has 4 rings (SSSR count). The van der Waals surface area contributed by atoms with Gasteiger partial charge in [-0.1, -0.05) is 29.5 Å². The number of amides is 1. The number of rotatable bonds is 5. The van der Waals surface area contributed by atoms with Crippen LogP contribution in [0.3, 0.4) is 0 Å². The van der Waals surface area contributed by atoms with Crippen molar-refractivity contribution in [3.8, 4) is 11.4 Å². The van der Waals surface area contributed by atoms with E-state index in [0.29, 0.717) is 22.8 Å². The summed E-state index contributed by atoms with van der Waals surface area (Å²) < 4.78 is 34.0. The van der Waals surface area contributed by atoms with Gasteiger partial charge in [-0.15, -0.1) is 0 Å². The third kappa shape index (κ3) is 4.01. The van der Waals surface area contributed by atoms with Gasteiger partial charge in [0.05, 0.1) is 19.0 Å². The second-order valence-electron chi connectivity index (χ2n) is 6.95. The molecule has 0 bridgehead atoms. The van der Waals surface area contributed by atoms with Crippen LogP contribution in [0.5, 0.6) is 5.75 Å². The Morgan fingerprint density at radius 1 is 1.16 bits per heavy atom. The van der Waals surface area contributed by atoms with Gasteiger partial charge in [0.1, 0.15) is 0 Å². The SMILES string of the molecule is COc1cn(-c2ccccc2)nc1C(=O)N1CCN(S(=O)(=O)c2sc(=O)[nH]c2C)CC1. The van der Waals surface area contributed by atoms with Crippen molar-refractivity contribution in [3.63, 3.8) is 0 Å². The molecule has 0 spiro atoms. The Hall–Kier alpha value is -2.96. The lowest BCUT2D eigenvalue weighted by Crippen LogP contribution is -2.50. The number of ether oxygens (including phenoxy) is 1. The number of piperazine rings is 1. The van der Waals surface area contributed by atoms with Crippen LogP contribution in [0.4, 0.5) is 0 Å². The van der Waals surface area contributed by atoms with Crippen molar-refractivity contribution in [2.75, 3.05) is 33.3 Å². The molecule has 0 aliphatic carbocycles. The fourth-order valence-corrected chi connectivity index (χ4v) is 6.26. The number of sulfonamides is 1. The highest BCUT2D eigenvalue weighted by molar-refractivity contribution is 7.91. The first-order valence-electron chi connectivity index (χ1n) is 9.49. The maximum absolute atomic E-state index is 13.1.